The fraction of sp³-hybridized carbons (Fsp3) is 0.318. The van der Waals surface area contributed by atoms with Crippen LogP contribution in [0.4, 0.5) is 19.0 Å². The summed E-state index contributed by atoms with van der Waals surface area (Å²) >= 11 is 0. The quantitative estimate of drug-likeness (QED) is 0.467. The number of rotatable bonds is 6. The maximum absolute atomic E-state index is 12.4. The molecule has 1 amide bonds. The third kappa shape index (κ3) is 5.22. The highest BCUT2D eigenvalue weighted by Gasteiger charge is 2.28. The molecule has 0 saturated heterocycles. The van der Waals surface area contributed by atoms with E-state index in [1.54, 1.807) is 6.20 Å². The zero-order valence-corrected chi connectivity index (χ0v) is 17.3. The number of aromatic hydroxyl groups is 1. The molecule has 1 aromatic carbocycles. The molecule has 31 heavy (non-hydrogen) atoms. The number of aromatic nitrogens is 2. The van der Waals surface area contributed by atoms with E-state index in [4.69, 9.17) is 0 Å². The number of carbonyl (C=O) groups is 1. The fourth-order valence-corrected chi connectivity index (χ4v) is 3.20. The lowest BCUT2D eigenvalue weighted by Gasteiger charge is -2.09. The number of nitrogens with zero attached hydrogens (tertiary/aromatic N) is 2. The fourth-order valence-electron chi connectivity index (χ4n) is 3.20. The summed E-state index contributed by atoms with van der Waals surface area (Å²) in [5.74, 6) is -0.215. The first-order chi connectivity index (χ1) is 14.6. The summed E-state index contributed by atoms with van der Waals surface area (Å²) < 4.78 is 37.2. The highest BCUT2D eigenvalue weighted by Crippen LogP contribution is 2.31. The standard InChI is InChI=1S/C22H23F3N4O2/c1-4-16(28-18-10-13(12(2)3)7-8-26-18)19-15-9-14(5-6-17(15)29-21(19)31)20(30)27-11-22(23,24)25/h5-10,12,29,31H,4,11H2,1-3H3,(H,27,30). The van der Waals surface area contributed by atoms with Crippen molar-refractivity contribution in [3.05, 3.63) is 53.2 Å². The lowest BCUT2D eigenvalue weighted by atomic mass is 10.0. The van der Waals surface area contributed by atoms with Crippen molar-refractivity contribution in [2.24, 2.45) is 4.99 Å². The Hall–Kier alpha value is -3.36. The van der Waals surface area contributed by atoms with Crippen LogP contribution < -0.4 is 5.32 Å². The van der Waals surface area contributed by atoms with Crippen molar-refractivity contribution in [3.8, 4) is 5.88 Å². The van der Waals surface area contributed by atoms with Gasteiger partial charge in [-0.05, 0) is 48.2 Å². The molecule has 3 aromatic rings. The summed E-state index contributed by atoms with van der Waals surface area (Å²) in [6.07, 6.45) is -2.38. The number of aliphatic imine (C=N–C) groups is 1. The molecule has 164 valence electrons. The molecule has 0 aliphatic carbocycles. The number of H-pyrrole nitrogens is 1. The molecule has 2 aromatic heterocycles. The number of aromatic amines is 1. The van der Waals surface area contributed by atoms with Crippen LogP contribution in [0.25, 0.3) is 10.9 Å². The third-order valence-corrected chi connectivity index (χ3v) is 4.80. The van der Waals surface area contributed by atoms with Crippen molar-refractivity contribution in [3.63, 3.8) is 0 Å². The van der Waals surface area contributed by atoms with E-state index in [9.17, 15) is 23.1 Å². The van der Waals surface area contributed by atoms with Crippen LogP contribution in [-0.2, 0) is 0 Å². The first-order valence-corrected chi connectivity index (χ1v) is 9.82. The molecule has 9 heteroatoms. The number of carbonyl (C=O) groups excluding carboxylic acids is 1. The minimum Gasteiger partial charge on any atom is -0.494 e. The highest BCUT2D eigenvalue weighted by molar-refractivity contribution is 6.14. The van der Waals surface area contributed by atoms with Gasteiger partial charge >= 0.3 is 6.18 Å². The Labute approximate surface area is 177 Å². The number of benzene rings is 1. The molecule has 3 rings (SSSR count). The SMILES string of the molecule is CCC(=Nc1cc(C(C)C)ccn1)c1c(O)[nH]c2ccc(C(=O)NCC(F)(F)F)cc12. The van der Waals surface area contributed by atoms with Crippen LogP contribution in [0.5, 0.6) is 5.88 Å². The highest BCUT2D eigenvalue weighted by atomic mass is 19.4. The van der Waals surface area contributed by atoms with Crippen molar-refractivity contribution < 1.29 is 23.1 Å². The molecular weight excluding hydrogens is 409 g/mol. The van der Waals surface area contributed by atoms with Gasteiger partial charge in [0, 0.05) is 22.7 Å². The first-order valence-electron chi connectivity index (χ1n) is 9.82. The van der Waals surface area contributed by atoms with E-state index in [-0.39, 0.29) is 11.4 Å². The Morgan fingerprint density at radius 1 is 1.26 bits per heavy atom. The maximum Gasteiger partial charge on any atom is 0.405 e. The second-order valence-corrected chi connectivity index (χ2v) is 7.42. The Kier molecular flexibility index (Phi) is 6.33. The molecule has 6 nitrogen and oxygen atoms in total. The van der Waals surface area contributed by atoms with Gasteiger partial charge < -0.3 is 15.4 Å². The van der Waals surface area contributed by atoms with Gasteiger partial charge in [0.15, 0.2) is 11.7 Å². The summed E-state index contributed by atoms with van der Waals surface area (Å²) in [6, 6.07) is 8.14. The van der Waals surface area contributed by atoms with E-state index in [0.29, 0.717) is 40.3 Å². The molecular formula is C22H23F3N4O2. The first kappa shape index (κ1) is 22.3. The molecule has 3 N–H and O–H groups in total. The summed E-state index contributed by atoms with van der Waals surface area (Å²) in [5.41, 5.74) is 2.57. The number of fused-ring (bicyclic) bond motifs is 1. The van der Waals surface area contributed by atoms with Crippen LogP contribution >= 0.6 is 0 Å². The monoisotopic (exact) mass is 432 g/mol. The van der Waals surface area contributed by atoms with Gasteiger partial charge in [-0.1, -0.05) is 20.8 Å². The van der Waals surface area contributed by atoms with Crippen molar-refractivity contribution >= 4 is 28.3 Å². The van der Waals surface area contributed by atoms with Gasteiger partial charge in [0.1, 0.15) is 6.54 Å². The van der Waals surface area contributed by atoms with E-state index < -0.39 is 18.6 Å². The molecule has 2 heterocycles. The van der Waals surface area contributed by atoms with Crippen LogP contribution in [0, 0.1) is 0 Å². The maximum atomic E-state index is 12.4. The smallest absolute Gasteiger partial charge is 0.405 e. The second kappa shape index (κ2) is 8.79. The number of pyridine rings is 1. The van der Waals surface area contributed by atoms with Crippen LogP contribution in [-0.4, -0.2) is 39.4 Å². The topological polar surface area (TPSA) is 90.4 Å². The molecule has 0 saturated carbocycles. The van der Waals surface area contributed by atoms with Crippen molar-refractivity contribution in [2.45, 2.75) is 39.3 Å². The molecule has 0 atom stereocenters. The normalized spacial score (nSPS) is 12.5. The van der Waals surface area contributed by atoms with Crippen LogP contribution in [0.2, 0.25) is 0 Å². The van der Waals surface area contributed by atoms with E-state index in [1.165, 1.54) is 18.2 Å². The number of amides is 1. The molecule has 0 aliphatic rings. The number of nitrogens with one attached hydrogen (secondary N) is 2. The van der Waals surface area contributed by atoms with Crippen LogP contribution in [0.15, 0.2) is 41.5 Å². The molecule has 0 unspecified atom stereocenters. The van der Waals surface area contributed by atoms with Gasteiger partial charge in [0.2, 0.25) is 0 Å². The average Bonchev–Trinajstić information content (AvgIpc) is 3.04. The van der Waals surface area contributed by atoms with E-state index in [2.05, 4.69) is 28.8 Å². The second-order valence-electron chi connectivity index (χ2n) is 7.42. The van der Waals surface area contributed by atoms with Gasteiger partial charge in [-0.25, -0.2) is 9.98 Å². The van der Waals surface area contributed by atoms with Gasteiger partial charge in [-0.2, -0.15) is 13.2 Å². The summed E-state index contributed by atoms with van der Waals surface area (Å²) in [6.45, 7) is 4.55. The van der Waals surface area contributed by atoms with Crippen molar-refractivity contribution in [1.29, 1.82) is 0 Å². The zero-order chi connectivity index (χ0) is 22.8. The Morgan fingerprint density at radius 2 is 2.00 bits per heavy atom. The van der Waals surface area contributed by atoms with E-state index in [0.717, 1.165) is 5.56 Å². The zero-order valence-electron chi connectivity index (χ0n) is 17.3. The Morgan fingerprint density at radius 3 is 2.65 bits per heavy atom. The summed E-state index contributed by atoms with van der Waals surface area (Å²) in [4.78, 5) is 23.8. The third-order valence-electron chi connectivity index (χ3n) is 4.80. The Balaban J connectivity index is 2.03. The average molecular weight is 432 g/mol. The molecule has 0 spiro atoms. The lowest BCUT2D eigenvalue weighted by molar-refractivity contribution is -0.123. The number of halogens is 3. The van der Waals surface area contributed by atoms with E-state index in [1.807, 2.05) is 24.4 Å². The van der Waals surface area contributed by atoms with Crippen LogP contribution in [0.3, 0.4) is 0 Å². The minimum atomic E-state index is -4.50. The Bertz CT molecular complexity index is 1130. The van der Waals surface area contributed by atoms with Gasteiger partial charge in [-0.3, -0.25) is 4.79 Å². The predicted molar refractivity (Wildman–Crippen MR) is 113 cm³/mol. The number of alkyl halides is 3. The molecule has 0 fully saturated rings. The largest absolute Gasteiger partial charge is 0.494 e. The van der Waals surface area contributed by atoms with Gasteiger partial charge in [0.25, 0.3) is 5.91 Å². The van der Waals surface area contributed by atoms with E-state index >= 15 is 0 Å². The lowest BCUT2D eigenvalue weighted by Crippen LogP contribution is -2.33. The number of hydrogen-bond donors (Lipinski definition) is 3. The summed E-state index contributed by atoms with van der Waals surface area (Å²) in [7, 11) is 0. The van der Waals surface area contributed by atoms with Crippen molar-refractivity contribution in [2.75, 3.05) is 6.54 Å². The van der Waals surface area contributed by atoms with Gasteiger partial charge in [0.05, 0.1) is 11.3 Å². The van der Waals surface area contributed by atoms with Crippen molar-refractivity contribution in [1.82, 2.24) is 15.3 Å². The minimum absolute atomic E-state index is 0.0485. The molecule has 0 aliphatic heterocycles. The van der Waals surface area contributed by atoms with Crippen LogP contribution in [0.1, 0.15) is 54.6 Å². The van der Waals surface area contributed by atoms with Gasteiger partial charge in [-0.15, -0.1) is 0 Å². The predicted octanol–water partition coefficient (Wildman–Crippen LogP) is 5.21. The molecule has 0 bridgehead atoms. The summed E-state index contributed by atoms with van der Waals surface area (Å²) in [5, 5.41) is 12.8. The molecule has 0 radical (unpaired) electrons. The number of hydrogen-bond acceptors (Lipinski definition) is 4.